The third-order valence-electron chi connectivity index (χ3n) is 3.92. The van der Waals surface area contributed by atoms with E-state index in [4.69, 9.17) is 0 Å². The van der Waals surface area contributed by atoms with Gasteiger partial charge in [0.25, 0.3) is 0 Å². The Morgan fingerprint density at radius 3 is 2.65 bits per heavy atom. The van der Waals surface area contributed by atoms with E-state index in [0.29, 0.717) is 24.6 Å². The van der Waals surface area contributed by atoms with Gasteiger partial charge in [0, 0.05) is 24.5 Å². The van der Waals surface area contributed by atoms with Crippen molar-refractivity contribution in [2.24, 2.45) is 5.92 Å². The second kappa shape index (κ2) is 6.22. The average Bonchev–Trinajstić information content (AvgIpc) is 2.63. The van der Waals surface area contributed by atoms with E-state index in [2.05, 4.69) is 36.3 Å². The van der Waals surface area contributed by atoms with Gasteiger partial charge >= 0.3 is 0 Å². The van der Waals surface area contributed by atoms with E-state index in [1.54, 1.807) is 6.92 Å². The molecule has 1 aliphatic heterocycles. The van der Waals surface area contributed by atoms with Gasteiger partial charge in [-0.3, -0.25) is 4.98 Å². The zero-order valence-electron chi connectivity index (χ0n) is 12.5. The van der Waals surface area contributed by atoms with Crippen molar-refractivity contribution in [2.45, 2.75) is 51.4 Å². The van der Waals surface area contributed by atoms with Gasteiger partial charge in [-0.05, 0) is 37.3 Å². The molecule has 4 nitrogen and oxygen atoms in total. The van der Waals surface area contributed by atoms with Crippen molar-refractivity contribution in [1.82, 2.24) is 10.3 Å². The van der Waals surface area contributed by atoms with E-state index in [-0.39, 0.29) is 11.3 Å². The summed E-state index contributed by atoms with van der Waals surface area (Å²) in [6, 6.07) is 4.20. The molecule has 0 radical (unpaired) electrons. The summed E-state index contributed by atoms with van der Waals surface area (Å²) in [4.78, 5) is 4.45. The number of sulfone groups is 1. The first-order valence-electron chi connectivity index (χ1n) is 7.27. The molecule has 2 atom stereocenters. The zero-order chi connectivity index (χ0) is 14.8. The van der Waals surface area contributed by atoms with Crippen LogP contribution in [0.1, 0.15) is 38.4 Å². The maximum absolute atomic E-state index is 11.7. The van der Waals surface area contributed by atoms with Crippen molar-refractivity contribution < 1.29 is 8.42 Å². The number of hydrogen-bond donors (Lipinski definition) is 1. The molecule has 20 heavy (non-hydrogen) atoms. The maximum atomic E-state index is 11.7. The number of hydrogen-bond acceptors (Lipinski definition) is 4. The Morgan fingerprint density at radius 2 is 2.15 bits per heavy atom. The molecule has 5 heteroatoms. The second-order valence-electron chi connectivity index (χ2n) is 6.10. The molecule has 1 N–H and O–H groups in total. The average molecular weight is 296 g/mol. The molecule has 1 saturated heterocycles. The van der Waals surface area contributed by atoms with Crippen LogP contribution in [0.3, 0.4) is 0 Å². The van der Waals surface area contributed by atoms with Crippen LogP contribution in [0, 0.1) is 5.92 Å². The van der Waals surface area contributed by atoms with Crippen LogP contribution in [0.4, 0.5) is 0 Å². The van der Waals surface area contributed by atoms with Crippen LogP contribution in [0.25, 0.3) is 0 Å². The summed E-state index contributed by atoms with van der Waals surface area (Å²) in [5, 5.41) is 3.06. The van der Waals surface area contributed by atoms with E-state index in [9.17, 15) is 8.42 Å². The van der Waals surface area contributed by atoms with E-state index in [1.165, 1.54) is 0 Å². The van der Waals surface area contributed by atoms with Crippen LogP contribution in [0.2, 0.25) is 0 Å². The number of nitrogens with zero attached hydrogens (tertiary/aromatic N) is 1. The molecule has 2 rings (SSSR count). The summed E-state index contributed by atoms with van der Waals surface area (Å²) in [6.45, 7) is 6.83. The Labute approximate surface area is 121 Å². The molecule has 0 aliphatic carbocycles. The van der Waals surface area contributed by atoms with Gasteiger partial charge in [-0.25, -0.2) is 8.42 Å². The molecule has 0 bridgehead atoms. The molecule has 2 heterocycles. The molecule has 1 fully saturated rings. The van der Waals surface area contributed by atoms with E-state index >= 15 is 0 Å². The van der Waals surface area contributed by atoms with Gasteiger partial charge in [0.15, 0.2) is 9.84 Å². The van der Waals surface area contributed by atoms with Crippen LogP contribution < -0.4 is 5.32 Å². The molecule has 1 aromatic rings. The SMILES string of the molecule is CC(C)Cc1ccc(CN[C@@H]2CCS(=O)(=O)[C@@H]2C)cn1. The standard InChI is InChI=1S/C15H24N2O2S/c1-11(2)8-14-5-4-13(9-16-14)10-17-15-6-7-20(18,19)12(15)3/h4-5,9,11-12,15,17H,6-8,10H2,1-3H3/t12-,15-/m1/s1. The summed E-state index contributed by atoms with van der Waals surface area (Å²) in [5.41, 5.74) is 2.22. The summed E-state index contributed by atoms with van der Waals surface area (Å²) < 4.78 is 23.4. The molecule has 1 aromatic heterocycles. The summed E-state index contributed by atoms with van der Waals surface area (Å²) in [6.07, 6.45) is 3.59. The highest BCUT2D eigenvalue weighted by molar-refractivity contribution is 7.92. The number of pyridine rings is 1. The highest BCUT2D eigenvalue weighted by atomic mass is 32.2. The zero-order valence-corrected chi connectivity index (χ0v) is 13.3. The van der Waals surface area contributed by atoms with Crippen molar-refractivity contribution >= 4 is 9.84 Å². The molecule has 0 amide bonds. The molecule has 112 valence electrons. The molecular weight excluding hydrogens is 272 g/mol. The minimum atomic E-state index is -2.88. The lowest BCUT2D eigenvalue weighted by Crippen LogP contribution is -2.36. The van der Waals surface area contributed by atoms with Crippen molar-refractivity contribution in [3.05, 3.63) is 29.6 Å². The van der Waals surface area contributed by atoms with E-state index in [0.717, 1.165) is 17.7 Å². The lowest BCUT2D eigenvalue weighted by molar-refractivity contribution is 0.504. The number of aromatic nitrogens is 1. The van der Waals surface area contributed by atoms with Crippen LogP contribution in [-0.4, -0.2) is 30.4 Å². The van der Waals surface area contributed by atoms with Gasteiger partial charge in [-0.15, -0.1) is 0 Å². The molecule has 0 unspecified atom stereocenters. The Morgan fingerprint density at radius 1 is 1.40 bits per heavy atom. The van der Waals surface area contributed by atoms with Gasteiger partial charge in [0.2, 0.25) is 0 Å². The maximum Gasteiger partial charge on any atom is 0.154 e. The van der Waals surface area contributed by atoms with Crippen molar-refractivity contribution in [2.75, 3.05) is 5.75 Å². The van der Waals surface area contributed by atoms with Crippen molar-refractivity contribution in [1.29, 1.82) is 0 Å². The Bertz CT molecular complexity index is 537. The minimum absolute atomic E-state index is 0.0651. The largest absolute Gasteiger partial charge is 0.309 e. The predicted molar refractivity (Wildman–Crippen MR) is 81.3 cm³/mol. The molecule has 1 aliphatic rings. The summed E-state index contributed by atoms with van der Waals surface area (Å²) >= 11 is 0. The van der Waals surface area contributed by atoms with E-state index in [1.807, 2.05) is 6.20 Å². The van der Waals surface area contributed by atoms with Crippen molar-refractivity contribution in [3.63, 3.8) is 0 Å². The Hall–Kier alpha value is -0.940. The first-order chi connectivity index (χ1) is 9.38. The number of nitrogens with one attached hydrogen (secondary N) is 1. The fraction of sp³-hybridized carbons (Fsp3) is 0.667. The Kier molecular flexibility index (Phi) is 4.81. The second-order valence-corrected chi connectivity index (χ2v) is 8.58. The first kappa shape index (κ1) is 15.4. The summed E-state index contributed by atoms with van der Waals surface area (Å²) in [7, 11) is -2.88. The lowest BCUT2D eigenvalue weighted by Gasteiger charge is -2.16. The van der Waals surface area contributed by atoms with Crippen molar-refractivity contribution in [3.8, 4) is 0 Å². The normalized spacial score (nSPS) is 25.2. The van der Waals surface area contributed by atoms with Gasteiger partial charge in [0.05, 0.1) is 11.0 Å². The fourth-order valence-corrected chi connectivity index (χ4v) is 4.26. The van der Waals surface area contributed by atoms with E-state index < -0.39 is 9.84 Å². The topological polar surface area (TPSA) is 59.1 Å². The van der Waals surface area contributed by atoms with Crippen LogP contribution >= 0.6 is 0 Å². The first-order valence-corrected chi connectivity index (χ1v) is 8.99. The monoisotopic (exact) mass is 296 g/mol. The quantitative estimate of drug-likeness (QED) is 0.902. The molecule has 0 saturated carbocycles. The van der Waals surface area contributed by atoms with Gasteiger partial charge in [0.1, 0.15) is 0 Å². The summed E-state index contributed by atoms with van der Waals surface area (Å²) in [5.74, 6) is 0.910. The predicted octanol–water partition coefficient (Wildman–Crippen LogP) is 1.95. The molecular formula is C15H24N2O2S. The van der Waals surface area contributed by atoms with Crippen LogP contribution in [-0.2, 0) is 22.8 Å². The lowest BCUT2D eigenvalue weighted by atomic mass is 10.1. The number of rotatable bonds is 5. The smallest absolute Gasteiger partial charge is 0.154 e. The third kappa shape index (κ3) is 3.79. The Balaban J connectivity index is 1.89. The van der Waals surface area contributed by atoms with Crippen LogP contribution in [0.5, 0.6) is 0 Å². The minimum Gasteiger partial charge on any atom is -0.309 e. The highest BCUT2D eigenvalue weighted by Gasteiger charge is 2.36. The van der Waals surface area contributed by atoms with Gasteiger partial charge in [-0.2, -0.15) is 0 Å². The molecule has 0 aromatic carbocycles. The van der Waals surface area contributed by atoms with Gasteiger partial charge < -0.3 is 5.32 Å². The highest BCUT2D eigenvalue weighted by Crippen LogP contribution is 2.20. The fourth-order valence-electron chi connectivity index (χ4n) is 2.58. The van der Waals surface area contributed by atoms with Gasteiger partial charge in [-0.1, -0.05) is 19.9 Å². The third-order valence-corrected chi connectivity index (χ3v) is 6.18. The molecule has 0 spiro atoms. The van der Waals surface area contributed by atoms with Crippen LogP contribution in [0.15, 0.2) is 18.3 Å².